The van der Waals surface area contributed by atoms with Gasteiger partial charge in [0.1, 0.15) is 0 Å². The van der Waals surface area contributed by atoms with E-state index in [1.165, 1.54) is 0 Å². The van der Waals surface area contributed by atoms with Crippen molar-refractivity contribution in [3.05, 3.63) is 0 Å². The van der Waals surface area contributed by atoms with Crippen molar-refractivity contribution in [2.45, 2.75) is 17.7 Å². The zero-order chi connectivity index (χ0) is 8.10. The van der Waals surface area contributed by atoms with E-state index in [0.717, 1.165) is 25.4 Å². The maximum Gasteiger partial charge on any atom is 0.0935 e. The molecule has 1 unspecified atom stereocenters. The summed E-state index contributed by atoms with van der Waals surface area (Å²) in [5, 5.41) is 9.02. The van der Waals surface area contributed by atoms with E-state index in [1.54, 1.807) is 0 Å². The Bertz CT molecular complexity index is 153. The molecule has 1 fully saturated rings. The maximum absolute atomic E-state index is 8.36. The van der Waals surface area contributed by atoms with Crippen molar-refractivity contribution in [1.82, 2.24) is 0 Å². The molecular formula is C7H12N2OS. The number of hydrogen-bond acceptors (Lipinski definition) is 4. The molecule has 1 aliphatic heterocycles. The first-order chi connectivity index (χ1) is 5.33. The minimum atomic E-state index is -0.288. The third-order valence-corrected chi connectivity index (χ3v) is 2.77. The Kier molecular flexibility index (Phi) is 3.70. The number of hydrogen-bond donors (Lipinski definition) is 1. The minimum absolute atomic E-state index is 0.288. The van der Waals surface area contributed by atoms with Crippen molar-refractivity contribution in [3.63, 3.8) is 0 Å². The van der Waals surface area contributed by atoms with Crippen molar-refractivity contribution in [1.29, 1.82) is 5.26 Å². The fraction of sp³-hybridized carbons (Fsp3) is 0.857. The summed E-state index contributed by atoms with van der Waals surface area (Å²) in [7, 11) is 0. The third kappa shape index (κ3) is 3.10. The normalized spacial score (nSPS) is 20.4. The van der Waals surface area contributed by atoms with Crippen LogP contribution in [0.3, 0.4) is 0 Å². The predicted octanol–water partition coefficient (Wildman–Crippen LogP) is 0.359. The molecule has 0 aromatic carbocycles. The zero-order valence-electron chi connectivity index (χ0n) is 6.32. The van der Waals surface area contributed by atoms with Gasteiger partial charge in [0, 0.05) is 0 Å². The van der Waals surface area contributed by atoms with Gasteiger partial charge in [-0.15, -0.1) is 0 Å². The van der Waals surface area contributed by atoms with Crippen molar-refractivity contribution >= 4 is 11.8 Å². The minimum Gasteiger partial charge on any atom is -0.379 e. The monoisotopic (exact) mass is 172 g/mol. The van der Waals surface area contributed by atoms with Gasteiger partial charge in [-0.1, -0.05) is 0 Å². The van der Waals surface area contributed by atoms with E-state index in [4.69, 9.17) is 15.7 Å². The summed E-state index contributed by atoms with van der Waals surface area (Å²) in [6.45, 7) is 1.74. The molecule has 11 heavy (non-hydrogen) atoms. The molecule has 0 bridgehead atoms. The molecular weight excluding hydrogens is 160 g/mol. The van der Waals surface area contributed by atoms with Gasteiger partial charge in [0.2, 0.25) is 0 Å². The SMILES string of the molecule is N#CC(N)CCSC1COC1. The van der Waals surface area contributed by atoms with Gasteiger partial charge < -0.3 is 10.5 Å². The molecule has 2 N–H and O–H groups in total. The lowest BCUT2D eigenvalue weighted by Crippen LogP contribution is -2.31. The zero-order valence-corrected chi connectivity index (χ0v) is 7.14. The summed E-state index contributed by atoms with van der Waals surface area (Å²) in [5.41, 5.74) is 5.41. The molecule has 1 aliphatic rings. The first-order valence-corrected chi connectivity index (χ1v) is 4.72. The molecule has 0 spiro atoms. The summed E-state index contributed by atoms with van der Waals surface area (Å²) < 4.78 is 5.00. The highest BCUT2D eigenvalue weighted by atomic mass is 32.2. The van der Waals surface area contributed by atoms with Crippen LogP contribution in [0.5, 0.6) is 0 Å². The summed E-state index contributed by atoms with van der Waals surface area (Å²) in [6.07, 6.45) is 0.789. The van der Waals surface area contributed by atoms with Crippen LogP contribution in [-0.4, -0.2) is 30.3 Å². The fourth-order valence-corrected chi connectivity index (χ4v) is 1.84. The van der Waals surface area contributed by atoms with Crippen LogP contribution in [0.1, 0.15) is 6.42 Å². The number of thioether (sulfide) groups is 1. The molecule has 0 aromatic heterocycles. The first kappa shape index (κ1) is 8.85. The Hall–Kier alpha value is -0.240. The summed E-state index contributed by atoms with van der Waals surface area (Å²) in [6, 6.07) is 1.72. The number of nitrogens with zero attached hydrogens (tertiary/aromatic N) is 1. The number of nitriles is 1. The van der Waals surface area contributed by atoms with E-state index >= 15 is 0 Å². The van der Waals surface area contributed by atoms with Gasteiger partial charge in [-0.3, -0.25) is 0 Å². The average molecular weight is 172 g/mol. The van der Waals surface area contributed by atoms with Gasteiger partial charge in [-0.2, -0.15) is 17.0 Å². The molecule has 1 heterocycles. The van der Waals surface area contributed by atoms with Gasteiger partial charge in [0.15, 0.2) is 0 Å². The van der Waals surface area contributed by atoms with E-state index in [-0.39, 0.29) is 6.04 Å². The third-order valence-electron chi connectivity index (χ3n) is 1.56. The Labute approximate surface area is 70.9 Å². The molecule has 0 aromatic rings. The van der Waals surface area contributed by atoms with Crippen molar-refractivity contribution in [2.24, 2.45) is 5.73 Å². The average Bonchev–Trinajstić information content (AvgIpc) is 1.94. The van der Waals surface area contributed by atoms with Crippen LogP contribution in [0.2, 0.25) is 0 Å². The first-order valence-electron chi connectivity index (χ1n) is 3.67. The maximum atomic E-state index is 8.36. The van der Waals surface area contributed by atoms with Gasteiger partial charge in [0.25, 0.3) is 0 Å². The van der Waals surface area contributed by atoms with E-state index in [2.05, 4.69) is 0 Å². The van der Waals surface area contributed by atoms with Crippen molar-refractivity contribution < 1.29 is 4.74 Å². The number of nitrogens with two attached hydrogens (primary N) is 1. The van der Waals surface area contributed by atoms with Gasteiger partial charge in [-0.05, 0) is 12.2 Å². The summed E-state index contributed by atoms with van der Waals surface area (Å²) in [4.78, 5) is 0. The van der Waals surface area contributed by atoms with E-state index in [9.17, 15) is 0 Å². The molecule has 3 nitrogen and oxygen atoms in total. The predicted molar refractivity (Wildman–Crippen MR) is 45.3 cm³/mol. The van der Waals surface area contributed by atoms with Crippen LogP contribution < -0.4 is 5.73 Å². The molecule has 0 radical (unpaired) electrons. The molecule has 1 saturated heterocycles. The lowest BCUT2D eigenvalue weighted by atomic mass is 10.3. The number of rotatable bonds is 4. The highest BCUT2D eigenvalue weighted by molar-refractivity contribution is 8.00. The molecule has 1 atom stereocenters. The molecule has 1 rings (SSSR count). The smallest absolute Gasteiger partial charge is 0.0935 e. The van der Waals surface area contributed by atoms with Crippen LogP contribution in [0, 0.1) is 11.3 Å². The second-order valence-electron chi connectivity index (χ2n) is 2.55. The van der Waals surface area contributed by atoms with E-state index < -0.39 is 0 Å². The fourth-order valence-electron chi connectivity index (χ4n) is 0.737. The Morgan fingerprint density at radius 2 is 2.45 bits per heavy atom. The largest absolute Gasteiger partial charge is 0.379 e. The Morgan fingerprint density at radius 1 is 1.73 bits per heavy atom. The second kappa shape index (κ2) is 4.60. The highest BCUT2D eigenvalue weighted by Gasteiger charge is 2.18. The van der Waals surface area contributed by atoms with Gasteiger partial charge in [-0.25, -0.2) is 0 Å². The topological polar surface area (TPSA) is 59.0 Å². The van der Waals surface area contributed by atoms with Crippen LogP contribution >= 0.6 is 11.8 Å². The van der Waals surface area contributed by atoms with Crippen LogP contribution in [0.25, 0.3) is 0 Å². The van der Waals surface area contributed by atoms with Crippen molar-refractivity contribution in [2.75, 3.05) is 19.0 Å². The molecule has 0 amide bonds. The summed E-state index contributed by atoms with van der Waals surface area (Å²) in [5.74, 6) is 0.975. The molecule has 0 saturated carbocycles. The Balaban J connectivity index is 1.91. The summed E-state index contributed by atoms with van der Waals surface area (Å²) >= 11 is 1.85. The Morgan fingerprint density at radius 3 is 2.91 bits per heavy atom. The molecule has 62 valence electrons. The standard InChI is InChI=1S/C7H12N2OS/c8-3-6(9)1-2-11-7-4-10-5-7/h6-7H,1-2,4-5,9H2. The van der Waals surface area contributed by atoms with Gasteiger partial charge in [0.05, 0.1) is 30.6 Å². The molecule has 4 heteroatoms. The van der Waals surface area contributed by atoms with E-state index in [1.807, 2.05) is 17.8 Å². The molecule has 0 aliphatic carbocycles. The van der Waals surface area contributed by atoms with Crippen LogP contribution in [0.4, 0.5) is 0 Å². The van der Waals surface area contributed by atoms with E-state index in [0.29, 0.717) is 5.25 Å². The van der Waals surface area contributed by atoms with Crippen molar-refractivity contribution in [3.8, 4) is 6.07 Å². The highest BCUT2D eigenvalue weighted by Crippen LogP contribution is 2.19. The lowest BCUT2D eigenvalue weighted by molar-refractivity contribution is 0.0455. The quantitative estimate of drug-likeness (QED) is 0.665. The van der Waals surface area contributed by atoms with Gasteiger partial charge >= 0.3 is 0 Å². The van der Waals surface area contributed by atoms with Crippen LogP contribution in [0.15, 0.2) is 0 Å². The lowest BCUT2D eigenvalue weighted by Gasteiger charge is -2.25. The second-order valence-corrected chi connectivity index (χ2v) is 3.96. The van der Waals surface area contributed by atoms with Crippen LogP contribution in [-0.2, 0) is 4.74 Å². The number of ether oxygens (including phenoxy) is 1.